The molecular formula is C18H24N4O. The van der Waals surface area contributed by atoms with Crippen LogP contribution in [0.25, 0.3) is 0 Å². The van der Waals surface area contributed by atoms with Crippen LogP contribution in [-0.2, 0) is 24.8 Å². The predicted molar refractivity (Wildman–Crippen MR) is 89.8 cm³/mol. The smallest absolute Gasteiger partial charge is 0.239 e. The van der Waals surface area contributed by atoms with Crippen molar-refractivity contribution >= 4 is 5.91 Å². The highest BCUT2D eigenvalue weighted by atomic mass is 16.1. The Morgan fingerprint density at radius 2 is 1.96 bits per heavy atom. The summed E-state index contributed by atoms with van der Waals surface area (Å²) in [4.78, 5) is 19.0. The van der Waals surface area contributed by atoms with Crippen LogP contribution in [0.2, 0.25) is 0 Å². The molecule has 1 aliphatic heterocycles. The van der Waals surface area contributed by atoms with Crippen LogP contribution in [0.3, 0.4) is 0 Å². The Kier molecular flexibility index (Phi) is 4.22. The molecule has 1 amide bonds. The molecule has 5 heteroatoms. The maximum atomic E-state index is 12.0. The van der Waals surface area contributed by atoms with E-state index in [2.05, 4.69) is 30.4 Å². The molecule has 2 heterocycles. The van der Waals surface area contributed by atoms with Gasteiger partial charge >= 0.3 is 0 Å². The molecule has 0 saturated carbocycles. The van der Waals surface area contributed by atoms with Crippen LogP contribution in [0.15, 0.2) is 30.3 Å². The third-order valence-corrected chi connectivity index (χ3v) is 4.59. The van der Waals surface area contributed by atoms with Crippen LogP contribution in [0.4, 0.5) is 0 Å². The van der Waals surface area contributed by atoms with Crippen molar-refractivity contribution in [3.8, 4) is 0 Å². The van der Waals surface area contributed by atoms with Crippen LogP contribution in [-0.4, -0.2) is 26.9 Å². The highest BCUT2D eigenvalue weighted by Gasteiger charge is 2.31. The zero-order valence-corrected chi connectivity index (χ0v) is 14.0. The Bertz CT molecular complexity index is 705. The lowest BCUT2D eigenvalue weighted by Gasteiger charge is -2.32. The molecule has 2 aromatic rings. The molecule has 1 aromatic carbocycles. The van der Waals surface area contributed by atoms with Crippen molar-refractivity contribution in [3.05, 3.63) is 53.1 Å². The highest BCUT2D eigenvalue weighted by Crippen LogP contribution is 2.29. The second-order valence-corrected chi connectivity index (χ2v) is 6.51. The van der Waals surface area contributed by atoms with Gasteiger partial charge in [0.05, 0.1) is 5.69 Å². The quantitative estimate of drug-likeness (QED) is 0.940. The lowest BCUT2D eigenvalue weighted by atomic mass is 10.0. The number of nitrogens with two attached hydrogens (primary N) is 1. The first-order chi connectivity index (χ1) is 11.0. The number of carbonyl (C=O) groups is 1. The van der Waals surface area contributed by atoms with Crippen LogP contribution < -0.4 is 5.73 Å². The van der Waals surface area contributed by atoms with Crippen molar-refractivity contribution in [2.45, 2.75) is 38.8 Å². The molecule has 1 atom stereocenters. The van der Waals surface area contributed by atoms with Gasteiger partial charge in [0.2, 0.25) is 5.91 Å². The molecule has 0 fully saturated rings. The molecule has 122 valence electrons. The molecule has 0 unspecified atom stereocenters. The Hall–Kier alpha value is -2.14. The van der Waals surface area contributed by atoms with Crippen molar-refractivity contribution in [1.29, 1.82) is 0 Å². The number of fused-ring (bicyclic) bond motifs is 1. The molecule has 23 heavy (non-hydrogen) atoms. The van der Waals surface area contributed by atoms with Gasteiger partial charge in [-0.2, -0.15) is 0 Å². The summed E-state index contributed by atoms with van der Waals surface area (Å²) in [6, 6.07) is 9.36. The summed E-state index contributed by atoms with van der Waals surface area (Å²) < 4.78 is 2.21. The number of aromatic nitrogens is 2. The summed E-state index contributed by atoms with van der Waals surface area (Å²) in [5, 5.41) is 0. The number of imidazole rings is 1. The predicted octanol–water partition coefficient (Wildman–Crippen LogP) is 2.13. The second-order valence-electron chi connectivity index (χ2n) is 6.51. The Morgan fingerprint density at radius 1 is 1.26 bits per heavy atom. The molecule has 5 nitrogen and oxygen atoms in total. The molecule has 0 radical (unpaired) electrons. The fraction of sp³-hybridized carbons (Fsp3) is 0.444. The number of primary amides is 1. The van der Waals surface area contributed by atoms with Crippen molar-refractivity contribution < 1.29 is 4.79 Å². The third kappa shape index (κ3) is 2.88. The molecule has 0 bridgehead atoms. The first-order valence-electron chi connectivity index (χ1n) is 8.11. The van der Waals surface area contributed by atoms with Gasteiger partial charge in [-0.25, -0.2) is 4.98 Å². The van der Waals surface area contributed by atoms with Crippen molar-refractivity contribution in [2.75, 3.05) is 6.54 Å². The van der Waals surface area contributed by atoms with E-state index in [1.807, 2.05) is 30.3 Å². The van der Waals surface area contributed by atoms with Gasteiger partial charge in [0.15, 0.2) is 0 Å². The number of hydrogen-bond donors (Lipinski definition) is 1. The number of carbonyl (C=O) groups excluding carboxylic acids is 1. The molecule has 0 aliphatic carbocycles. The summed E-state index contributed by atoms with van der Waals surface area (Å²) >= 11 is 0. The van der Waals surface area contributed by atoms with E-state index < -0.39 is 6.04 Å². The number of benzene rings is 1. The van der Waals surface area contributed by atoms with Gasteiger partial charge in [-0.15, -0.1) is 0 Å². The number of nitrogens with zero attached hydrogens (tertiary/aromatic N) is 3. The Morgan fingerprint density at radius 3 is 2.57 bits per heavy atom. The largest absolute Gasteiger partial charge is 0.368 e. The van der Waals surface area contributed by atoms with Crippen LogP contribution >= 0.6 is 0 Å². The van der Waals surface area contributed by atoms with Gasteiger partial charge in [0.25, 0.3) is 0 Å². The van der Waals surface area contributed by atoms with E-state index in [-0.39, 0.29) is 5.91 Å². The summed E-state index contributed by atoms with van der Waals surface area (Å²) in [6.45, 7) is 5.79. The Labute approximate surface area is 137 Å². The fourth-order valence-electron chi connectivity index (χ4n) is 3.50. The third-order valence-electron chi connectivity index (χ3n) is 4.59. The Balaban J connectivity index is 1.91. The van der Waals surface area contributed by atoms with Crippen molar-refractivity contribution in [1.82, 2.24) is 14.5 Å². The van der Waals surface area contributed by atoms with Gasteiger partial charge in [0.1, 0.15) is 11.9 Å². The second kappa shape index (κ2) is 6.16. The van der Waals surface area contributed by atoms with Gasteiger partial charge in [-0.05, 0) is 5.56 Å². The van der Waals surface area contributed by atoms with E-state index >= 15 is 0 Å². The number of amides is 1. The van der Waals surface area contributed by atoms with Crippen molar-refractivity contribution in [2.24, 2.45) is 12.8 Å². The van der Waals surface area contributed by atoms with Crippen LogP contribution in [0, 0.1) is 0 Å². The molecule has 3 rings (SSSR count). The van der Waals surface area contributed by atoms with Crippen LogP contribution in [0.5, 0.6) is 0 Å². The first-order valence-corrected chi connectivity index (χ1v) is 8.11. The number of rotatable bonds is 4. The summed E-state index contributed by atoms with van der Waals surface area (Å²) in [5.41, 5.74) is 9.00. The van der Waals surface area contributed by atoms with Gasteiger partial charge in [0, 0.05) is 38.2 Å². The topological polar surface area (TPSA) is 64.2 Å². The van der Waals surface area contributed by atoms with E-state index in [0.717, 1.165) is 30.0 Å². The summed E-state index contributed by atoms with van der Waals surface area (Å²) in [7, 11) is 2.08. The fourth-order valence-corrected chi connectivity index (χ4v) is 3.50. The zero-order chi connectivity index (χ0) is 16.6. The van der Waals surface area contributed by atoms with E-state index in [9.17, 15) is 4.79 Å². The first kappa shape index (κ1) is 15.7. The minimum Gasteiger partial charge on any atom is -0.368 e. The van der Waals surface area contributed by atoms with Gasteiger partial charge < -0.3 is 10.3 Å². The van der Waals surface area contributed by atoms with E-state index in [1.165, 1.54) is 5.69 Å². The highest BCUT2D eigenvalue weighted by molar-refractivity contribution is 5.81. The van der Waals surface area contributed by atoms with Crippen LogP contribution in [0.1, 0.15) is 48.6 Å². The van der Waals surface area contributed by atoms with E-state index in [1.54, 1.807) is 0 Å². The minimum atomic E-state index is -0.395. The van der Waals surface area contributed by atoms with E-state index in [4.69, 9.17) is 10.7 Å². The molecule has 0 spiro atoms. The van der Waals surface area contributed by atoms with Crippen molar-refractivity contribution in [3.63, 3.8) is 0 Å². The normalized spacial score (nSPS) is 16.3. The number of hydrogen-bond acceptors (Lipinski definition) is 3. The molecule has 1 aliphatic rings. The average Bonchev–Trinajstić information content (AvgIpc) is 2.85. The SMILES string of the molecule is CC(C)c1nc2c(n1C)CCN([C@H](C(N)=O)c1ccccc1)C2. The maximum absolute atomic E-state index is 12.0. The van der Waals surface area contributed by atoms with Gasteiger partial charge in [-0.1, -0.05) is 44.2 Å². The molecule has 2 N–H and O–H groups in total. The lowest BCUT2D eigenvalue weighted by molar-refractivity contribution is -0.123. The minimum absolute atomic E-state index is 0.306. The molecule has 1 aromatic heterocycles. The average molecular weight is 312 g/mol. The molecular weight excluding hydrogens is 288 g/mol. The van der Waals surface area contributed by atoms with E-state index in [0.29, 0.717) is 12.5 Å². The van der Waals surface area contributed by atoms with Gasteiger partial charge in [-0.3, -0.25) is 9.69 Å². The summed E-state index contributed by atoms with van der Waals surface area (Å²) in [6.07, 6.45) is 0.891. The summed E-state index contributed by atoms with van der Waals surface area (Å²) in [5.74, 6) is 1.19. The zero-order valence-electron chi connectivity index (χ0n) is 14.0. The lowest BCUT2D eigenvalue weighted by Crippen LogP contribution is -2.41. The standard InChI is InChI=1S/C18H24N4O/c1-12(2)18-20-14-11-22(10-9-15(14)21(18)3)16(17(19)23)13-7-5-4-6-8-13/h4-8,12,16H,9-11H2,1-3H3,(H2,19,23)/t16-/m0/s1. The molecule has 0 saturated heterocycles. The monoisotopic (exact) mass is 312 g/mol. The maximum Gasteiger partial charge on any atom is 0.239 e.